The number of carbonyl (C=O) groups excluding carboxylic acids is 2. The van der Waals surface area contributed by atoms with Crippen LogP contribution in [0.2, 0.25) is 0 Å². The summed E-state index contributed by atoms with van der Waals surface area (Å²) in [4.78, 5) is 27.8. The van der Waals surface area contributed by atoms with Crippen LogP contribution in [0.15, 0.2) is 24.3 Å². The van der Waals surface area contributed by atoms with Crippen LogP contribution in [0.5, 0.6) is 0 Å². The number of amides is 3. The van der Waals surface area contributed by atoms with Gasteiger partial charge in [-0.2, -0.15) is 0 Å². The molecule has 0 bridgehead atoms. The number of aryl methyl sites for hydroxylation is 1. The van der Waals surface area contributed by atoms with Crippen LogP contribution in [0.4, 0.5) is 4.79 Å². The van der Waals surface area contributed by atoms with Crippen LogP contribution in [0.3, 0.4) is 0 Å². The Morgan fingerprint density at radius 2 is 1.60 bits per heavy atom. The lowest BCUT2D eigenvalue weighted by Crippen LogP contribution is -2.41. The number of nitrogens with zero attached hydrogens (tertiary/aromatic N) is 2. The standard InChI is InChI=1S/C20H29N3O2/c1-15-3-5-17(6-4-15)13-21-20(25)23-12-9-19(14-23)18-7-10-22(11-8-18)16(2)24/h3-6,18-19H,7-14H2,1-2H3,(H,21,25). The lowest BCUT2D eigenvalue weighted by atomic mass is 9.84. The lowest BCUT2D eigenvalue weighted by Gasteiger charge is -2.34. The Labute approximate surface area is 150 Å². The number of nitrogens with one attached hydrogen (secondary N) is 1. The number of likely N-dealkylation sites (tertiary alicyclic amines) is 2. The van der Waals surface area contributed by atoms with E-state index >= 15 is 0 Å². The van der Waals surface area contributed by atoms with Crippen LogP contribution in [0.25, 0.3) is 0 Å². The number of rotatable bonds is 3. The predicted octanol–water partition coefficient (Wildman–Crippen LogP) is 2.79. The minimum atomic E-state index is 0.0456. The van der Waals surface area contributed by atoms with Gasteiger partial charge in [-0.3, -0.25) is 4.79 Å². The van der Waals surface area contributed by atoms with Crippen LogP contribution in [-0.4, -0.2) is 47.9 Å². The molecule has 5 nitrogen and oxygen atoms in total. The van der Waals surface area contributed by atoms with Crippen LogP contribution in [-0.2, 0) is 11.3 Å². The van der Waals surface area contributed by atoms with E-state index in [9.17, 15) is 9.59 Å². The maximum atomic E-state index is 12.4. The van der Waals surface area contributed by atoms with E-state index in [1.165, 1.54) is 5.56 Å². The molecule has 2 aliphatic rings. The third kappa shape index (κ3) is 4.53. The van der Waals surface area contributed by atoms with Crippen LogP contribution in [0.1, 0.15) is 37.3 Å². The topological polar surface area (TPSA) is 52.7 Å². The third-order valence-electron chi connectivity index (χ3n) is 5.73. The zero-order valence-corrected chi connectivity index (χ0v) is 15.3. The first-order chi connectivity index (χ1) is 12.0. The summed E-state index contributed by atoms with van der Waals surface area (Å²) >= 11 is 0. The SMILES string of the molecule is CC(=O)N1CCC(C2CCN(C(=O)NCc3ccc(C)cc3)C2)CC1. The summed E-state index contributed by atoms with van der Waals surface area (Å²) < 4.78 is 0. The molecular formula is C20H29N3O2. The first-order valence-corrected chi connectivity index (χ1v) is 9.37. The van der Waals surface area contributed by atoms with Crippen molar-refractivity contribution < 1.29 is 9.59 Å². The van der Waals surface area contributed by atoms with E-state index in [1.807, 2.05) is 9.80 Å². The van der Waals surface area contributed by atoms with Crippen LogP contribution in [0, 0.1) is 18.8 Å². The van der Waals surface area contributed by atoms with E-state index in [2.05, 4.69) is 36.5 Å². The minimum absolute atomic E-state index is 0.0456. The van der Waals surface area contributed by atoms with Gasteiger partial charge in [-0.1, -0.05) is 29.8 Å². The molecule has 1 aromatic carbocycles. The molecule has 1 atom stereocenters. The van der Waals surface area contributed by atoms with E-state index in [0.717, 1.165) is 51.0 Å². The van der Waals surface area contributed by atoms with Gasteiger partial charge < -0.3 is 15.1 Å². The lowest BCUT2D eigenvalue weighted by molar-refractivity contribution is -0.130. The summed E-state index contributed by atoms with van der Waals surface area (Å²) in [5, 5.41) is 3.04. The monoisotopic (exact) mass is 343 g/mol. The molecule has 0 spiro atoms. The van der Waals surface area contributed by atoms with Crippen molar-refractivity contribution in [3.05, 3.63) is 35.4 Å². The van der Waals surface area contributed by atoms with Crippen LogP contribution < -0.4 is 5.32 Å². The molecule has 3 rings (SSSR count). The Kier molecular flexibility index (Phi) is 5.61. The Hall–Kier alpha value is -2.04. The fourth-order valence-electron chi connectivity index (χ4n) is 4.04. The highest BCUT2D eigenvalue weighted by Crippen LogP contribution is 2.31. The van der Waals surface area contributed by atoms with E-state index in [-0.39, 0.29) is 11.9 Å². The van der Waals surface area contributed by atoms with Gasteiger partial charge >= 0.3 is 6.03 Å². The summed E-state index contributed by atoms with van der Waals surface area (Å²) in [6, 6.07) is 8.31. The minimum Gasteiger partial charge on any atom is -0.343 e. The number of piperidine rings is 1. The van der Waals surface area contributed by atoms with Gasteiger partial charge in [0.15, 0.2) is 0 Å². The zero-order chi connectivity index (χ0) is 17.8. The normalized spacial score (nSPS) is 21.4. The number of urea groups is 1. The molecule has 25 heavy (non-hydrogen) atoms. The molecule has 2 fully saturated rings. The molecule has 3 amide bonds. The van der Waals surface area contributed by atoms with Gasteiger partial charge in [-0.25, -0.2) is 4.79 Å². The molecule has 136 valence electrons. The van der Waals surface area contributed by atoms with Crippen molar-refractivity contribution in [1.82, 2.24) is 15.1 Å². The number of hydrogen-bond acceptors (Lipinski definition) is 2. The van der Waals surface area contributed by atoms with Gasteiger partial charge in [0.25, 0.3) is 0 Å². The van der Waals surface area contributed by atoms with Gasteiger partial charge in [0.05, 0.1) is 0 Å². The Morgan fingerprint density at radius 1 is 1.00 bits per heavy atom. The molecule has 0 radical (unpaired) electrons. The van der Waals surface area contributed by atoms with Crippen molar-refractivity contribution in [3.63, 3.8) is 0 Å². The predicted molar refractivity (Wildman–Crippen MR) is 98.1 cm³/mol. The first kappa shape index (κ1) is 17.8. The average Bonchev–Trinajstić information content (AvgIpc) is 3.11. The molecule has 5 heteroatoms. The Balaban J connectivity index is 1.43. The van der Waals surface area contributed by atoms with E-state index in [4.69, 9.17) is 0 Å². The van der Waals surface area contributed by atoms with Gasteiger partial charge in [0.1, 0.15) is 0 Å². The highest BCUT2D eigenvalue weighted by Gasteiger charge is 2.33. The summed E-state index contributed by atoms with van der Waals surface area (Å²) in [5.74, 6) is 1.41. The quantitative estimate of drug-likeness (QED) is 0.917. The average molecular weight is 343 g/mol. The molecule has 2 saturated heterocycles. The van der Waals surface area contributed by atoms with Crippen molar-refractivity contribution in [2.75, 3.05) is 26.2 Å². The summed E-state index contributed by atoms with van der Waals surface area (Å²) in [6.07, 6.45) is 3.23. The van der Waals surface area contributed by atoms with E-state index in [1.54, 1.807) is 6.92 Å². The van der Waals surface area contributed by atoms with Crippen molar-refractivity contribution in [3.8, 4) is 0 Å². The van der Waals surface area contributed by atoms with E-state index in [0.29, 0.717) is 18.4 Å². The molecule has 0 saturated carbocycles. The molecule has 1 unspecified atom stereocenters. The number of carbonyl (C=O) groups is 2. The number of hydrogen-bond donors (Lipinski definition) is 1. The molecule has 1 N–H and O–H groups in total. The first-order valence-electron chi connectivity index (χ1n) is 9.37. The molecular weight excluding hydrogens is 314 g/mol. The largest absolute Gasteiger partial charge is 0.343 e. The molecule has 0 aromatic heterocycles. The van der Waals surface area contributed by atoms with Crippen LogP contribution >= 0.6 is 0 Å². The van der Waals surface area contributed by atoms with Crippen molar-refractivity contribution in [1.29, 1.82) is 0 Å². The second-order valence-electron chi connectivity index (χ2n) is 7.48. The zero-order valence-electron chi connectivity index (χ0n) is 15.3. The van der Waals surface area contributed by atoms with Gasteiger partial charge in [0.2, 0.25) is 5.91 Å². The number of benzene rings is 1. The van der Waals surface area contributed by atoms with Gasteiger partial charge in [-0.05, 0) is 43.6 Å². The maximum Gasteiger partial charge on any atom is 0.317 e. The van der Waals surface area contributed by atoms with Crippen molar-refractivity contribution in [2.24, 2.45) is 11.8 Å². The second kappa shape index (κ2) is 7.89. The fraction of sp³-hybridized carbons (Fsp3) is 0.600. The van der Waals surface area contributed by atoms with Crippen molar-refractivity contribution in [2.45, 2.75) is 39.7 Å². The third-order valence-corrected chi connectivity index (χ3v) is 5.73. The second-order valence-corrected chi connectivity index (χ2v) is 7.48. The summed E-state index contributed by atoms with van der Waals surface area (Å²) in [6.45, 7) is 7.73. The molecule has 2 heterocycles. The fourth-order valence-corrected chi connectivity index (χ4v) is 4.04. The van der Waals surface area contributed by atoms with E-state index < -0.39 is 0 Å². The molecule has 1 aromatic rings. The maximum absolute atomic E-state index is 12.4. The highest BCUT2D eigenvalue weighted by atomic mass is 16.2. The van der Waals surface area contributed by atoms with Gasteiger partial charge in [0, 0.05) is 39.6 Å². The Morgan fingerprint density at radius 3 is 2.24 bits per heavy atom. The molecule has 0 aliphatic carbocycles. The van der Waals surface area contributed by atoms with Gasteiger partial charge in [-0.15, -0.1) is 0 Å². The Bertz CT molecular complexity index is 606. The molecule has 2 aliphatic heterocycles. The highest BCUT2D eigenvalue weighted by molar-refractivity contribution is 5.74. The summed E-state index contributed by atoms with van der Waals surface area (Å²) in [5.41, 5.74) is 2.36. The summed E-state index contributed by atoms with van der Waals surface area (Å²) in [7, 11) is 0. The smallest absolute Gasteiger partial charge is 0.317 e. The van der Waals surface area contributed by atoms with Crippen molar-refractivity contribution >= 4 is 11.9 Å².